The van der Waals surface area contributed by atoms with Gasteiger partial charge >= 0.3 is 5.97 Å². The molecule has 0 saturated carbocycles. The van der Waals surface area contributed by atoms with Gasteiger partial charge < -0.3 is 15.9 Å². The maximum atomic E-state index is 13.1. The molecule has 0 amide bonds. The average molecular weight is 217 g/mol. The number of halogens is 2. The maximum Gasteiger partial charge on any atom is 0.305 e. The fourth-order valence-electron chi connectivity index (χ4n) is 1.22. The fraction of sp³-hybridized carbons (Fsp3) is 0.222. The molecule has 0 spiro atoms. The lowest BCUT2D eigenvalue weighted by Crippen LogP contribution is -2.18. The van der Waals surface area contributed by atoms with Gasteiger partial charge in [0.05, 0.1) is 6.42 Å². The van der Waals surface area contributed by atoms with E-state index in [2.05, 4.69) is 0 Å². The smallest absolute Gasteiger partial charge is 0.305 e. The summed E-state index contributed by atoms with van der Waals surface area (Å²) in [5.74, 6) is -3.94. The summed E-state index contributed by atoms with van der Waals surface area (Å²) in [6.45, 7) is 0. The third kappa shape index (κ3) is 2.63. The first-order chi connectivity index (χ1) is 6.91. The molecule has 1 unspecified atom stereocenters. The van der Waals surface area contributed by atoms with Crippen molar-refractivity contribution < 1.29 is 23.8 Å². The van der Waals surface area contributed by atoms with Gasteiger partial charge in [0.1, 0.15) is 17.4 Å². The minimum absolute atomic E-state index is 0.532. The predicted molar refractivity (Wildman–Crippen MR) is 47.2 cm³/mol. The lowest BCUT2D eigenvalue weighted by Gasteiger charge is -2.11. The van der Waals surface area contributed by atoms with Crippen LogP contribution in [0, 0.1) is 11.6 Å². The molecular weight excluding hydrogens is 208 g/mol. The fourth-order valence-corrected chi connectivity index (χ4v) is 1.22. The zero-order valence-corrected chi connectivity index (χ0v) is 7.58. The molecule has 0 aromatic heterocycles. The van der Waals surface area contributed by atoms with E-state index in [1.807, 2.05) is 0 Å². The molecule has 0 bridgehead atoms. The minimum atomic E-state index is -1.27. The van der Waals surface area contributed by atoms with Crippen LogP contribution in [-0.4, -0.2) is 16.2 Å². The number of hydrogen-bond acceptors (Lipinski definition) is 3. The van der Waals surface area contributed by atoms with Crippen LogP contribution in [-0.2, 0) is 4.79 Å². The van der Waals surface area contributed by atoms with Crippen molar-refractivity contribution in [2.45, 2.75) is 12.5 Å². The van der Waals surface area contributed by atoms with Crippen LogP contribution in [0.2, 0.25) is 0 Å². The van der Waals surface area contributed by atoms with E-state index in [1.54, 1.807) is 0 Å². The topological polar surface area (TPSA) is 83.6 Å². The normalized spacial score (nSPS) is 12.5. The summed E-state index contributed by atoms with van der Waals surface area (Å²) in [6, 6.07) is 0.0864. The summed E-state index contributed by atoms with van der Waals surface area (Å²) >= 11 is 0. The Labute approximate surface area is 83.9 Å². The number of phenols is 1. The Hall–Kier alpha value is -1.69. The summed E-state index contributed by atoms with van der Waals surface area (Å²) in [6.07, 6.45) is -0.585. The second kappa shape index (κ2) is 4.22. The van der Waals surface area contributed by atoms with Crippen LogP contribution in [0.5, 0.6) is 5.75 Å². The van der Waals surface area contributed by atoms with Crippen molar-refractivity contribution in [1.29, 1.82) is 0 Å². The Morgan fingerprint density at radius 2 is 1.87 bits per heavy atom. The number of phenolic OH excluding ortho intramolecular Hbond substituents is 1. The minimum Gasteiger partial charge on any atom is -0.508 e. The van der Waals surface area contributed by atoms with Crippen molar-refractivity contribution in [3.05, 3.63) is 29.3 Å². The Kier molecular flexibility index (Phi) is 3.21. The maximum absolute atomic E-state index is 13.1. The second-order valence-electron chi connectivity index (χ2n) is 3.03. The third-order valence-electron chi connectivity index (χ3n) is 1.83. The monoisotopic (exact) mass is 217 g/mol. The highest BCUT2D eigenvalue weighted by atomic mass is 19.1. The van der Waals surface area contributed by atoms with Crippen LogP contribution in [0.4, 0.5) is 8.78 Å². The zero-order chi connectivity index (χ0) is 11.6. The van der Waals surface area contributed by atoms with E-state index >= 15 is 0 Å². The quantitative estimate of drug-likeness (QED) is 0.709. The molecule has 15 heavy (non-hydrogen) atoms. The third-order valence-corrected chi connectivity index (χ3v) is 1.83. The summed E-state index contributed by atoms with van der Waals surface area (Å²) in [5, 5.41) is 17.3. The highest BCUT2D eigenvalue weighted by Crippen LogP contribution is 2.25. The number of rotatable bonds is 3. The zero-order valence-electron chi connectivity index (χ0n) is 7.58. The molecule has 1 rings (SSSR count). The molecule has 0 aliphatic carbocycles. The van der Waals surface area contributed by atoms with Gasteiger partial charge in [-0.05, 0) is 0 Å². The Morgan fingerprint density at radius 3 is 2.27 bits per heavy atom. The number of hydrogen-bond donors (Lipinski definition) is 3. The second-order valence-corrected chi connectivity index (χ2v) is 3.03. The van der Waals surface area contributed by atoms with Gasteiger partial charge in [-0.2, -0.15) is 0 Å². The molecule has 0 aliphatic heterocycles. The van der Waals surface area contributed by atoms with Crippen LogP contribution >= 0.6 is 0 Å². The largest absolute Gasteiger partial charge is 0.508 e. The predicted octanol–water partition coefficient (Wildman–Crippen LogP) is 1.14. The average Bonchev–Trinajstić information content (AvgIpc) is 1.99. The van der Waals surface area contributed by atoms with Gasteiger partial charge in [0.15, 0.2) is 0 Å². The van der Waals surface area contributed by atoms with Gasteiger partial charge in [0.25, 0.3) is 0 Å². The van der Waals surface area contributed by atoms with E-state index in [9.17, 15) is 13.6 Å². The molecule has 0 heterocycles. The molecule has 6 heteroatoms. The number of benzene rings is 1. The molecule has 82 valence electrons. The van der Waals surface area contributed by atoms with Crippen molar-refractivity contribution in [2.24, 2.45) is 5.73 Å². The summed E-state index contributed by atoms with van der Waals surface area (Å²) in [5.41, 5.74) is 4.77. The number of carboxylic acids is 1. The first-order valence-corrected chi connectivity index (χ1v) is 4.07. The van der Waals surface area contributed by atoms with Gasteiger partial charge in [0, 0.05) is 23.7 Å². The highest BCUT2D eigenvalue weighted by molar-refractivity contribution is 5.68. The number of aromatic hydroxyl groups is 1. The van der Waals surface area contributed by atoms with Gasteiger partial charge in [0.2, 0.25) is 0 Å². The van der Waals surface area contributed by atoms with Crippen LogP contribution in [0.25, 0.3) is 0 Å². The molecule has 0 radical (unpaired) electrons. The van der Waals surface area contributed by atoms with Crippen molar-refractivity contribution >= 4 is 5.97 Å². The van der Waals surface area contributed by atoms with Crippen LogP contribution in [0.1, 0.15) is 18.0 Å². The molecule has 0 aliphatic rings. The Balaban J connectivity index is 3.08. The van der Waals surface area contributed by atoms with E-state index in [1.165, 1.54) is 0 Å². The molecule has 4 nitrogen and oxygen atoms in total. The molecule has 0 fully saturated rings. The van der Waals surface area contributed by atoms with Crippen molar-refractivity contribution in [1.82, 2.24) is 0 Å². The molecule has 4 N–H and O–H groups in total. The SMILES string of the molecule is NC(CC(=O)O)c1c(F)cc(O)cc1F. The van der Waals surface area contributed by atoms with Crippen LogP contribution in [0.15, 0.2) is 12.1 Å². The molecule has 0 saturated heterocycles. The molecule has 1 aromatic rings. The van der Waals surface area contributed by atoms with Crippen molar-refractivity contribution in [3.8, 4) is 5.75 Å². The van der Waals surface area contributed by atoms with Gasteiger partial charge in [-0.3, -0.25) is 4.79 Å². The Morgan fingerprint density at radius 1 is 1.40 bits per heavy atom. The standard InChI is InChI=1S/C9H9F2NO3/c10-5-1-4(13)2-6(11)9(5)7(12)3-8(14)15/h1-2,7,13H,3,12H2,(H,14,15). The molecular formula is C9H9F2NO3. The highest BCUT2D eigenvalue weighted by Gasteiger charge is 2.20. The first kappa shape index (κ1) is 11.4. The number of aliphatic carboxylic acids is 1. The van der Waals surface area contributed by atoms with Crippen LogP contribution < -0.4 is 5.73 Å². The lowest BCUT2D eigenvalue weighted by atomic mass is 10.0. The molecule has 1 aromatic carbocycles. The number of carboxylic acid groups (broad SMARTS) is 1. The molecule has 1 atom stereocenters. The summed E-state index contributed by atoms with van der Waals surface area (Å²) < 4.78 is 26.3. The number of nitrogens with two attached hydrogens (primary N) is 1. The summed E-state index contributed by atoms with van der Waals surface area (Å²) in [7, 11) is 0. The number of carbonyl (C=O) groups is 1. The van der Waals surface area contributed by atoms with Crippen molar-refractivity contribution in [2.75, 3.05) is 0 Å². The Bertz CT molecular complexity index is 372. The van der Waals surface area contributed by atoms with E-state index < -0.39 is 41.4 Å². The van der Waals surface area contributed by atoms with Gasteiger partial charge in [-0.15, -0.1) is 0 Å². The lowest BCUT2D eigenvalue weighted by molar-refractivity contribution is -0.137. The summed E-state index contributed by atoms with van der Waals surface area (Å²) in [4.78, 5) is 10.3. The van der Waals surface area contributed by atoms with Crippen LogP contribution in [0.3, 0.4) is 0 Å². The van der Waals surface area contributed by atoms with E-state index in [0.29, 0.717) is 12.1 Å². The van der Waals surface area contributed by atoms with E-state index in [-0.39, 0.29) is 0 Å². The van der Waals surface area contributed by atoms with Gasteiger partial charge in [-0.1, -0.05) is 0 Å². The van der Waals surface area contributed by atoms with E-state index in [4.69, 9.17) is 15.9 Å². The van der Waals surface area contributed by atoms with Gasteiger partial charge in [-0.25, -0.2) is 8.78 Å². The van der Waals surface area contributed by atoms with E-state index in [0.717, 1.165) is 0 Å². The first-order valence-electron chi connectivity index (χ1n) is 4.07. The van der Waals surface area contributed by atoms with Crippen molar-refractivity contribution in [3.63, 3.8) is 0 Å².